The number of rotatable bonds is 6. The van der Waals surface area contributed by atoms with E-state index in [0.29, 0.717) is 26.3 Å². The Morgan fingerprint density at radius 2 is 1.71 bits per heavy atom. The van der Waals surface area contributed by atoms with Crippen molar-refractivity contribution in [2.45, 2.75) is 25.9 Å². The van der Waals surface area contributed by atoms with Crippen LogP contribution in [0, 0.1) is 0 Å². The van der Waals surface area contributed by atoms with Gasteiger partial charge in [0.2, 0.25) is 0 Å². The molecule has 118 valence electrons. The topological polar surface area (TPSA) is 82.1 Å². The molecule has 0 N–H and O–H groups in total. The SMILES string of the molecule is COC(=O)C/C=C/CC(=O)O[C@@H](C)C(=O)N1CCOCC1. The summed E-state index contributed by atoms with van der Waals surface area (Å²) in [6.45, 7) is 3.58. The van der Waals surface area contributed by atoms with Gasteiger partial charge in [-0.15, -0.1) is 0 Å². The maximum Gasteiger partial charge on any atom is 0.310 e. The average molecular weight is 299 g/mol. The van der Waals surface area contributed by atoms with Gasteiger partial charge in [-0.1, -0.05) is 12.2 Å². The number of hydrogen-bond donors (Lipinski definition) is 0. The number of carbonyl (C=O) groups excluding carboxylic acids is 3. The second kappa shape index (κ2) is 9.12. The van der Waals surface area contributed by atoms with Gasteiger partial charge < -0.3 is 19.1 Å². The number of hydrogen-bond acceptors (Lipinski definition) is 6. The fourth-order valence-corrected chi connectivity index (χ4v) is 1.78. The molecule has 1 fully saturated rings. The van der Waals surface area contributed by atoms with Gasteiger partial charge in [-0.2, -0.15) is 0 Å². The van der Waals surface area contributed by atoms with Crippen molar-refractivity contribution in [1.29, 1.82) is 0 Å². The Labute approximate surface area is 123 Å². The summed E-state index contributed by atoms with van der Waals surface area (Å²) in [7, 11) is 1.30. The van der Waals surface area contributed by atoms with Crippen LogP contribution >= 0.6 is 0 Å². The summed E-state index contributed by atoms with van der Waals surface area (Å²) in [6.07, 6.45) is 2.35. The lowest BCUT2D eigenvalue weighted by molar-refractivity contribution is -0.160. The first-order chi connectivity index (χ1) is 10.0. The predicted octanol–water partition coefficient (Wildman–Crippen LogP) is 0.286. The van der Waals surface area contributed by atoms with Gasteiger partial charge in [0.1, 0.15) is 0 Å². The van der Waals surface area contributed by atoms with Gasteiger partial charge in [0.15, 0.2) is 6.10 Å². The number of morpholine rings is 1. The molecule has 0 radical (unpaired) electrons. The Hall–Kier alpha value is -1.89. The molecule has 0 aromatic heterocycles. The highest BCUT2D eigenvalue weighted by molar-refractivity contribution is 5.83. The highest BCUT2D eigenvalue weighted by Gasteiger charge is 2.24. The van der Waals surface area contributed by atoms with Crippen LogP contribution < -0.4 is 0 Å². The van der Waals surface area contributed by atoms with E-state index in [1.165, 1.54) is 19.3 Å². The van der Waals surface area contributed by atoms with Gasteiger partial charge >= 0.3 is 11.9 Å². The number of ether oxygens (including phenoxy) is 3. The Morgan fingerprint density at radius 1 is 1.14 bits per heavy atom. The van der Waals surface area contributed by atoms with E-state index in [-0.39, 0.29) is 24.7 Å². The molecule has 0 unspecified atom stereocenters. The van der Waals surface area contributed by atoms with Crippen LogP contribution in [0.25, 0.3) is 0 Å². The molecule has 7 nitrogen and oxygen atoms in total. The van der Waals surface area contributed by atoms with Gasteiger partial charge in [0.25, 0.3) is 5.91 Å². The lowest BCUT2D eigenvalue weighted by Crippen LogP contribution is -2.46. The molecule has 0 aliphatic carbocycles. The van der Waals surface area contributed by atoms with Crippen LogP contribution in [0.4, 0.5) is 0 Å². The molecule has 0 spiro atoms. The fourth-order valence-electron chi connectivity index (χ4n) is 1.78. The maximum absolute atomic E-state index is 12.0. The minimum atomic E-state index is -0.815. The summed E-state index contributed by atoms with van der Waals surface area (Å²) in [5, 5.41) is 0. The Kier molecular flexibility index (Phi) is 7.45. The smallest absolute Gasteiger partial charge is 0.310 e. The van der Waals surface area contributed by atoms with Gasteiger partial charge in [0, 0.05) is 13.1 Å². The van der Waals surface area contributed by atoms with Crippen LogP contribution in [-0.2, 0) is 28.6 Å². The summed E-state index contributed by atoms with van der Waals surface area (Å²) < 4.78 is 14.7. The van der Waals surface area contributed by atoms with Gasteiger partial charge in [-0.3, -0.25) is 14.4 Å². The summed E-state index contributed by atoms with van der Waals surface area (Å²) in [5.74, 6) is -1.11. The molecule has 0 bridgehead atoms. The normalized spacial score (nSPS) is 16.6. The molecular formula is C14H21NO6. The zero-order valence-electron chi connectivity index (χ0n) is 12.4. The molecule has 1 amide bonds. The van der Waals surface area contributed by atoms with Crippen molar-refractivity contribution in [2.75, 3.05) is 33.4 Å². The first-order valence-corrected chi connectivity index (χ1v) is 6.82. The van der Waals surface area contributed by atoms with Crippen LogP contribution in [0.5, 0.6) is 0 Å². The molecule has 1 heterocycles. The standard InChI is InChI=1S/C14H21NO6/c1-11(14(18)15-7-9-20-10-8-15)21-13(17)6-4-3-5-12(16)19-2/h3-4,11H,5-10H2,1-2H3/b4-3+/t11-/m0/s1. The first kappa shape index (κ1) is 17.2. The van der Waals surface area contributed by atoms with E-state index in [4.69, 9.17) is 9.47 Å². The largest absolute Gasteiger partial charge is 0.469 e. The molecule has 0 aromatic carbocycles. The zero-order chi connectivity index (χ0) is 15.7. The highest BCUT2D eigenvalue weighted by Crippen LogP contribution is 2.05. The second-order valence-electron chi connectivity index (χ2n) is 4.53. The highest BCUT2D eigenvalue weighted by atomic mass is 16.5. The molecule has 7 heteroatoms. The third-order valence-electron chi connectivity index (χ3n) is 2.94. The van der Waals surface area contributed by atoms with E-state index in [1.54, 1.807) is 11.8 Å². The van der Waals surface area contributed by atoms with E-state index in [0.717, 1.165) is 0 Å². The minimum Gasteiger partial charge on any atom is -0.469 e. The molecule has 0 aromatic rings. The average Bonchev–Trinajstić information content (AvgIpc) is 2.51. The molecule has 1 aliphatic heterocycles. The zero-order valence-corrected chi connectivity index (χ0v) is 12.4. The second-order valence-corrected chi connectivity index (χ2v) is 4.53. The lowest BCUT2D eigenvalue weighted by Gasteiger charge is -2.28. The van der Waals surface area contributed by atoms with Gasteiger partial charge in [-0.05, 0) is 6.92 Å². The van der Waals surface area contributed by atoms with Gasteiger partial charge in [-0.25, -0.2) is 0 Å². The van der Waals surface area contributed by atoms with Crippen molar-refractivity contribution in [3.8, 4) is 0 Å². The van der Waals surface area contributed by atoms with E-state index in [1.807, 2.05) is 0 Å². The van der Waals surface area contributed by atoms with Crippen LogP contribution in [0.3, 0.4) is 0 Å². The molecule has 0 saturated carbocycles. The lowest BCUT2D eigenvalue weighted by atomic mass is 10.3. The molecule has 1 saturated heterocycles. The van der Waals surface area contributed by atoms with Crippen LogP contribution in [0.1, 0.15) is 19.8 Å². The van der Waals surface area contributed by atoms with Crippen molar-refractivity contribution in [1.82, 2.24) is 4.90 Å². The Bertz CT molecular complexity index is 400. The Balaban J connectivity index is 2.29. The summed E-state index contributed by atoms with van der Waals surface area (Å²) >= 11 is 0. The molecule has 1 atom stereocenters. The third-order valence-corrected chi connectivity index (χ3v) is 2.94. The molecule has 21 heavy (non-hydrogen) atoms. The monoisotopic (exact) mass is 299 g/mol. The summed E-state index contributed by atoms with van der Waals surface area (Å²) in [5.41, 5.74) is 0. The van der Waals surface area contributed by atoms with Crippen LogP contribution in [-0.4, -0.2) is 62.3 Å². The number of methoxy groups -OCH3 is 1. The van der Waals surface area contributed by atoms with Crippen LogP contribution in [0.2, 0.25) is 0 Å². The van der Waals surface area contributed by atoms with Crippen molar-refractivity contribution < 1.29 is 28.6 Å². The molecule has 1 rings (SSSR count). The van der Waals surface area contributed by atoms with Crippen molar-refractivity contribution in [2.24, 2.45) is 0 Å². The number of esters is 2. The fraction of sp³-hybridized carbons (Fsp3) is 0.643. The Morgan fingerprint density at radius 3 is 2.29 bits per heavy atom. The molecular weight excluding hydrogens is 278 g/mol. The van der Waals surface area contributed by atoms with E-state index in [9.17, 15) is 14.4 Å². The number of carbonyl (C=O) groups is 3. The number of amides is 1. The summed E-state index contributed by atoms with van der Waals surface area (Å²) in [6, 6.07) is 0. The van der Waals surface area contributed by atoms with E-state index < -0.39 is 12.1 Å². The van der Waals surface area contributed by atoms with Crippen LogP contribution in [0.15, 0.2) is 12.2 Å². The van der Waals surface area contributed by atoms with Crippen molar-refractivity contribution >= 4 is 17.8 Å². The maximum atomic E-state index is 12.0. The quantitative estimate of drug-likeness (QED) is 0.518. The predicted molar refractivity (Wildman–Crippen MR) is 73.3 cm³/mol. The van der Waals surface area contributed by atoms with Crippen molar-refractivity contribution in [3.63, 3.8) is 0 Å². The van der Waals surface area contributed by atoms with E-state index >= 15 is 0 Å². The summed E-state index contributed by atoms with van der Waals surface area (Å²) in [4.78, 5) is 36.0. The minimum absolute atomic E-state index is 0.0116. The molecule has 1 aliphatic rings. The third kappa shape index (κ3) is 6.40. The first-order valence-electron chi connectivity index (χ1n) is 6.82. The number of nitrogens with zero attached hydrogens (tertiary/aromatic N) is 1. The van der Waals surface area contributed by atoms with Crippen molar-refractivity contribution in [3.05, 3.63) is 12.2 Å². The van der Waals surface area contributed by atoms with Gasteiger partial charge in [0.05, 0.1) is 33.2 Å². The van der Waals surface area contributed by atoms with E-state index in [2.05, 4.69) is 4.74 Å².